The van der Waals surface area contributed by atoms with Gasteiger partial charge in [-0.2, -0.15) is 0 Å². The molecule has 1 atom stereocenters. The van der Waals surface area contributed by atoms with Gasteiger partial charge in [0.15, 0.2) is 11.9 Å². The highest BCUT2D eigenvalue weighted by Gasteiger charge is 2.22. The third-order valence-electron chi connectivity index (χ3n) is 5.66. The lowest BCUT2D eigenvalue weighted by Gasteiger charge is -2.11. The first-order valence-electron chi connectivity index (χ1n) is 10.5. The van der Waals surface area contributed by atoms with Crippen molar-refractivity contribution in [3.63, 3.8) is 0 Å². The van der Waals surface area contributed by atoms with Gasteiger partial charge in [-0.3, -0.25) is 4.79 Å². The van der Waals surface area contributed by atoms with Gasteiger partial charge in [0.2, 0.25) is 0 Å². The Bertz CT molecular complexity index is 1300. The number of hydrogen-bond donors (Lipinski definition) is 1. The number of aryl methyl sites for hydroxylation is 1. The number of carboxylic acids is 1. The van der Waals surface area contributed by atoms with Crippen LogP contribution in [-0.4, -0.2) is 27.5 Å². The van der Waals surface area contributed by atoms with Gasteiger partial charge in [-0.25, -0.2) is 4.79 Å². The molecule has 4 aromatic rings. The fourth-order valence-electron chi connectivity index (χ4n) is 3.95. The molecule has 32 heavy (non-hydrogen) atoms. The number of ether oxygens (including phenoxy) is 1. The van der Waals surface area contributed by atoms with E-state index in [1.807, 2.05) is 86.6 Å². The Hall–Kier alpha value is -3.70. The van der Waals surface area contributed by atoms with Crippen LogP contribution in [0.4, 0.5) is 0 Å². The van der Waals surface area contributed by atoms with E-state index in [-0.39, 0.29) is 12.4 Å². The highest BCUT2D eigenvalue weighted by Crippen LogP contribution is 2.31. The molecule has 5 heteroatoms. The normalized spacial score (nSPS) is 12.1. The van der Waals surface area contributed by atoms with Crippen molar-refractivity contribution in [3.8, 4) is 5.69 Å². The minimum absolute atomic E-state index is 0.00817. The van der Waals surface area contributed by atoms with E-state index >= 15 is 0 Å². The molecule has 0 saturated carbocycles. The van der Waals surface area contributed by atoms with E-state index in [4.69, 9.17) is 9.84 Å². The smallest absolute Gasteiger partial charge is 0.332 e. The average Bonchev–Trinajstić information content (AvgIpc) is 3.09. The summed E-state index contributed by atoms with van der Waals surface area (Å²) in [6, 6.07) is 23.3. The van der Waals surface area contributed by atoms with Crippen molar-refractivity contribution < 1.29 is 19.4 Å². The van der Waals surface area contributed by atoms with Crippen molar-refractivity contribution in [1.29, 1.82) is 0 Å². The number of aliphatic carboxylic acids is 1. The molecule has 0 unspecified atom stereocenters. The first-order chi connectivity index (χ1) is 15.4. The SMILES string of the molecule is Cc1cccc(C(=O)c2c(C)n(-c3ccc(CO[C@H](C)C(=O)O)cc3)c3ccccc23)c1. The lowest BCUT2D eigenvalue weighted by atomic mass is 9.99. The Labute approximate surface area is 186 Å². The second-order valence-electron chi connectivity index (χ2n) is 7.97. The lowest BCUT2D eigenvalue weighted by molar-refractivity contribution is -0.149. The molecule has 0 aliphatic rings. The third kappa shape index (κ3) is 4.07. The van der Waals surface area contributed by atoms with Gasteiger partial charge in [-0.15, -0.1) is 0 Å². The van der Waals surface area contributed by atoms with Gasteiger partial charge in [-0.05, 0) is 50.6 Å². The van der Waals surface area contributed by atoms with E-state index in [1.165, 1.54) is 6.92 Å². The summed E-state index contributed by atoms with van der Waals surface area (Å²) in [6.45, 7) is 5.68. The van der Waals surface area contributed by atoms with Gasteiger partial charge in [0, 0.05) is 22.3 Å². The van der Waals surface area contributed by atoms with Crippen molar-refractivity contribution in [2.24, 2.45) is 0 Å². The summed E-state index contributed by atoms with van der Waals surface area (Å²) in [5.41, 5.74) is 6.08. The van der Waals surface area contributed by atoms with E-state index in [0.29, 0.717) is 11.1 Å². The molecule has 0 aliphatic carbocycles. The summed E-state index contributed by atoms with van der Waals surface area (Å²) in [4.78, 5) is 24.4. The van der Waals surface area contributed by atoms with Crippen LogP contribution < -0.4 is 0 Å². The first kappa shape index (κ1) is 21.5. The first-order valence-corrected chi connectivity index (χ1v) is 10.5. The fourth-order valence-corrected chi connectivity index (χ4v) is 3.95. The minimum atomic E-state index is -0.984. The van der Waals surface area contributed by atoms with Crippen molar-refractivity contribution in [1.82, 2.24) is 4.57 Å². The second-order valence-corrected chi connectivity index (χ2v) is 7.97. The van der Waals surface area contributed by atoms with E-state index in [0.717, 1.165) is 33.4 Å². The molecule has 0 fully saturated rings. The number of carboxylic acid groups (broad SMARTS) is 1. The average molecular weight is 428 g/mol. The minimum Gasteiger partial charge on any atom is -0.479 e. The van der Waals surface area contributed by atoms with Crippen LogP contribution >= 0.6 is 0 Å². The van der Waals surface area contributed by atoms with Crippen molar-refractivity contribution in [3.05, 3.63) is 101 Å². The number of carbonyl (C=O) groups is 2. The molecule has 3 aromatic carbocycles. The summed E-state index contributed by atoms with van der Waals surface area (Å²) in [7, 11) is 0. The van der Waals surface area contributed by atoms with Crippen LogP contribution in [0.5, 0.6) is 0 Å². The molecule has 4 rings (SSSR count). The Morgan fingerprint density at radius 2 is 1.69 bits per heavy atom. The Kier molecular flexibility index (Phi) is 5.93. The third-order valence-corrected chi connectivity index (χ3v) is 5.66. The molecule has 0 bridgehead atoms. The van der Waals surface area contributed by atoms with Crippen LogP contribution in [0.2, 0.25) is 0 Å². The van der Waals surface area contributed by atoms with Gasteiger partial charge in [0.05, 0.1) is 17.7 Å². The molecular formula is C27H25NO4. The largest absolute Gasteiger partial charge is 0.479 e. The fraction of sp³-hybridized carbons (Fsp3) is 0.185. The summed E-state index contributed by atoms with van der Waals surface area (Å²) in [5, 5.41) is 9.89. The molecule has 0 radical (unpaired) electrons. The highest BCUT2D eigenvalue weighted by atomic mass is 16.5. The molecule has 1 N–H and O–H groups in total. The number of nitrogens with zero attached hydrogens (tertiary/aromatic N) is 1. The molecule has 1 aromatic heterocycles. The molecule has 162 valence electrons. The topological polar surface area (TPSA) is 68.5 Å². The van der Waals surface area contributed by atoms with E-state index in [2.05, 4.69) is 4.57 Å². The number of hydrogen-bond acceptors (Lipinski definition) is 3. The highest BCUT2D eigenvalue weighted by molar-refractivity contribution is 6.17. The maximum Gasteiger partial charge on any atom is 0.332 e. The lowest BCUT2D eigenvalue weighted by Crippen LogP contribution is -2.19. The van der Waals surface area contributed by atoms with E-state index in [9.17, 15) is 9.59 Å². The monoisotopic (exact) mass is 427 g/mol. The zero-order valence-corrected chi connectivity index (χ0v) is 18.3. The van der Waals surface area contributed by atoms with Gasteiger partial charge < -0.3 is 14.4 Å². The van der Waals surface area contributed by atoms with Gasteiger partial charge >= 0.3 is 5.97 Å². The number of fused-ring (bicyclic) bond motifs is 1. The van der Waals surface area contributed by atoms with Crippen LogP contribution in [0.1, 0.15) is 39.7 Å². The number of ketones is 1. The number of benzene rings is 3. The van der Waals surface area contributed by atoms with Crippen molar-refractivity contribution in [2.45, 2.75) is 33.5 Å². The van der Waals surface area contributed by atoms with Gasteiger partial charge in [-0.1, -0.05) is 54.1 Å². The van der Waals surface area contributed by atoms with Crippen LogP contribution in [0, 0.1) is 13.8 Å². The van der Waals surface area contributed by atoms with Crippen LogP contribution in [0.15, 0.2) is 72.8 Å². The number of para-hydroxylation sites is 1. The molecule has 0 spiro atoms. The number of aromatic nitrogens is 1. The molecule has 5 nitrogen and oxygen atoms in total. The summed E-state index contributed by atoms with van der Waals surface area (Å²) in [6.07, 6.45) is -0.861. The standard InChI is InChI=1S/C27H25NO4/c1-17-7-6-8-21(15-17)26(29)25-18(2)28(24-10-5-4-9-23(24)25)22-13-11-20(12-14-22)16-32-19(3)27(30)31/h4-15,19H,16H2,1-3H3,(H,30,31)/t19-/m1/s1. The summed E-state index contributed by atoms with van der Waals surface area (Å²) >= 11 is 0. The predicted molar refractivity (Wildman–Crippen MR) is 125 cm³/mol. The molecule has 0 saturated heterocycles. The van der Waals surface area contributed by atoms with Crippen LogP contribution in [0.25, 0.3) is 16.6 Å². The van der Waals surface area contributed by atoms with Crippen molar-refractivity contribution in [2.75, 3.05) is 0 Å². The van der Waals surface area contributed by atoms with E-state index < -0.39 is 12.1 Å². The Morgan fingerprint density at radius 1 is 0.969 bits per heavy atom. The van der Waals surface area contributed by atoms with Crippen LogP contribution in [-0.2, 0) is 16.1 Å². The zero-order chi connectivity index (χ0) is 22.8. The van der Waals surface area contributed by atoms with Gasteiger partial charge in [0.25, 0.3) is 0 Å². The maximum atomic E-state index is 13.5. The number of carbonyl (C=O) groups excluding carboxylic acids is 1. The predicted octanol–water partition coefficient (Wildman–Crippen LogP) is 5.47. The molecule has 0 aliphatic heterocycles. The molecule has 0 amide bonds. The quantitative estimate of drug-likeness (QED) is 0.397. The second kappa shape index (κ2) is 8.81. The van der Waals surface area contributed by atoms with Crippen molar-refractivity contribution >= 4 is 22.7 Å². The Morgan fingerprint density at radius 3 is 2.38 bits per heavy atom. The Balaban J connectivity index is 1.73. The maximum absolute atomic E-state index is 13.5. The van der Waals surface area contributed by atoms with Crippen LogP contribution in [0.3, 0.4) is 0 Å². The molecular weight excluding hydrogens is 402 g/mol. The summed E-state index contributed by atoms with van der Waals surface area (Å²) < 4.78 is 7.46. The summed E-state index contributed by atoms with van der Waals surface area (Å²) in [5.74, 6) is -0.976. The zero-order valence-electron chi connectivity index (χ0n) is 18.3. The van der Waals surface area contributed by atoms with E-state index in [1.54, 1.807) is 0 Å². The number of rotatable bonds is 7. The van der Waals surface area contributed by atoms with Gasteiger partial charge in [0.1, 0.15) is 0 Å². The molecule has 1 heterocycles.